The zero-order chi connectivity index (χ0) is 24.7. The number of rotatable bonds is 5. The minimum atomic E-state index is -4.61. The van der Waals surface area contributed by atoms with Gasteiger partial charge in [0.15, 0.2) is 5.69 Å². The molecule has 1 amide bonds. The molecule has 0 spiro atoms. The van der Waals surface area contributed by atoms with E-state index in [0.717, 1.165) is 0 Å². The Labute approximate surface area is 194 Å². The molecule has 0 radical (unpaired) electrons. The SMILES string of the molecule is C[C@]1(C(=O)O)CC[C@H](CC(=O)N2CCc3c(C(F)(F)F)nn(Cc4ccc(F)cc4)c3C2)CC1. The Bertz CT molecular complexity index is 1070. The van der Waals surface area contributed by atoms with Gasteiger partial charge in [0.05, 0.1) is 24.2 Å². The van der Waals surface area contributed by atoms with E-state index in [1.807, 2.05) is 0 Å². The van der Waals surface area contributed by atoms with Crippen molar-refractivity contribution < 1.29 is 32.3 Å². The van der Waals surface area contributed by atoms with Crippen LogP contribution in [0.3, 0.4) is 0 Å². The minimum absolute atomic E-state index is 0.0258. The average Bonchev–Trinajstić information content (AvgIpc) is 3.15. The van der Waals surface area contributed by atoms with E-state index in [9.17, 15) is 32.3 Å². The van der Waals surface area contributed by atoms with Crippen LogP contribution in [0.25, 0.3) is 0 Å². The van der Waals surface area contributed by atoms with Crippen LogP contribution in [0.5, 0.6) is 0 Å². The monoisotopic (exact) mass is 481 g/mol. The van der Waals surface area contributed by atoms with Crippen molar-refractivity contribution in [3.8, 4) is 0 Å². The molecule has 1 aliphatic heterocycles. The van der Waals surface area contributed by atoms with Crippen molar-refractivity contribution in [2.24, 2.45) is 11.3 Å². The highest BCUT2D eigenvalue weighted by Crippen LogP contribution is 2.40. The number of carboxylic acid groups (broad SMARTS) is 1. The van der Waals surface area contributed by atoms with E-state index in [-0.39, 0.29) is 49.9 Å². The van der Waals surface area contributed by atoms with Gasteiger partial charge in [0.1, 0.15) is 5.82 Å². The van der Waals surface area contributed by atoms with Gasteiger partial charge in [-0.1, -0.05) is 12.1 Å². The van der Waals surface area contributed by atoms with Crippen molar-refractivity contribution in [2.75, 3.05) is 6.54 Å². The summed E-state index contributed by atoms with van der Waals surface area (Å²) in [5, 5.41) is 13.2. The van der Waals surface area contributed by atoms with Gasteiger partial charge < -0.3 is 10.0 Å². The first-order valence-corrected chi connectivity index (χ1v) is 11.4. The quantitative estimate of drug-likeness (QED) is 0.631. The second kappa shape index (κ2) is 9.03. The molecule has 4 rings (SSSR count). The number of carbonyl (C=O) groups is 2. The number of hydrogen-bond donors (Lipinski definition) is 1. The molecule has 0 saturated heterocycles. The Hall–Kier alpha value is -2.91. The fraction of sp³-hybridized carbons (Fsp3) is 0.542. The zero-order valence-electron chi connectivity index (χ0n) is 18.9. The standard InChI is InChI=1S/C24H27F4N3O3/c1-23(22(33)34)9-6-15(7-10-23)12-20(32)30-11-8-18-19(14-30)31(29-21(18)24(26,27)28)13-16-2-4-17(25)5-3-16/h2-5,15H,6-14H2,1H3,(H,33,34)/t15-,23-. The number of carboxylic acids is 1. The predicted molar refractivity (Wildman–Crippen MR) is 114 cm³/mol. The van der Waals surface area contributed by atoms with Crippen LogP contribution in [0.15, 0.2) is 24.3 Å². The van der Waals surface area contributed by atoms with Crippen molar-refractivity contribution in [3.05, 3.63) is 52.6 Å². The molecule has 1 aliphatic carbocycles. The lowest BCUT2D eigenvalue weighted by Gasteiger charge is -2.35. The molecule has 0 bridgehead atoms. The molecule has 10 heteroatoms. The second-order valence-corrected chi connectivity index (χ2v) is 9.63. The average molecular weight is 481 g/mol. The maximum Gasteiger partial charge on any atom is 0.435 e. The molecule has 1 N–H and O–H groups in total. The van der Waals surface area contributed by atoms with Crippen molar-refractivity contribution in [3.63, 3.8) is 0 Å². The van der Waals surface area contributed by atoms with Crippen LogP contribution in [0.4, 0.5) is 17.6 Å². The Morgan fingerprint density at radius 3 is 2.41 bits per heavy atom. The van der Waals surface area contributed by atoms with Gasteiger partial charge in [0.25, 0.3) is 0 Å². The van der Waals surface area contributed by atoms with Gasteiger partial charge >= 0.3 is 12.1 Å². The third kappa shape index (κ3) is 4.95. The number of hydrogen-bond acceptors (Lipinski definition) is 3. The Morgan fingerprint density at radius 2 is 1.82 bits per heavy atom. The summed E-state index contributed by atoms with van der Waals surface area (Å²) in [6.45, 7) is 1.96. The van der Waals surface area contributed by atoms with E-state index >= 15 is 0 Å². The lowest BCUT2D eigenvalue weighted by atomic mass is 9.71. The van der Waals surface area contributed by atoms with Gasteiger partial charge in [0, 0.05) is 18.5 Å². The number of benzene rings is 1. The van der Waals surface area contributed by atoms with Crippen LogP contribution >= 0.6 is 0 Å². The molecule has 2 aromatic rings. The van der Waals surface area contributed by atoms with Gasteiger partial charge in [0.2, 0.25) is 5.91 Å². The van der Waals surface area contributed by atoms with Crippen LogP contribution in [-0.4, -0.2) is 38.2 Å². The van der Waals surface area contributed by atoms with E-state index in [4.69, 9.17) is 0 Å². The Balaban J connectivity index is 1.49. The number of aromatic nitrogens is 2. The summed E-state index contributed by atoms with van der Waals surface area (Å²) in [4.78, 5) is 26.0. The molecule has 1 aromatic heterocycles. The van der Waals surface area contributed by atoms with E-state index < -0.39 is 29.1 Å². The smallest absolute Gasteiger partial charge is 0.435 e. The van der Waals surface area contributed by atoms with Gasteiger partial charge in [-0.15, -0.1) is 0 Å². The van der Waals surface area contributed by atoms with E-state index in [1.54, 1.807) is 11.8 Å². The summed E-state index contributed by atoms with van der Waals surface area (Å²) in [5.74, 6) is -1.34. The maximum absolute atomic E-state index is 13.6. The molecule has 1 fully saturated rings. The molecule has 2 heterocycles. The first-order chi connectivity index (χ1) is 16.0. The van der Waals surface area contributed by atoms with E-state index in [0.29, 0.717) is 36.9 Å². The lowest BCUT2D eigenvalue weighted by molar-refractivity contribution is -0.150. The van der Waals surface area contributed by atoms with Crippen molar-refractivity contribution in [2.45, 2.75) is 64.7 Å². The van der Waals surface area contributed by atoms with Crippen LogP contribution in [0.2, 0.25) is 0 Å². The molecule has 0 unspecified atom stereocenters. The molecule has 184 valence electrons. The summed E-state index contributed by atoms with van der Waals surface area (Å²) >= 11 is 0. The van der Waals surface area contributed by atoms with Crippen molar-refractivity contribution >= 4 is 11.9 Å². The van der Waals surface area contributed by atoms with E-state index in [2.05, 4.69) is 5.10 Å². The number of nitrogens with zero attached hydrogens (tertiary/aromatic N) is 3. The molecule has 0 atom stereocenters. The fourth-order valence-electron chi connectivity index (χ4n) is 4.92. The first-order valence-electron chi connectivity index (χ1n) is 11.4. The topological polar surface area (TPSA) is 75.4 Å². The third-order valence-corrected chi connectivity index (χ3v) is 7.19. The molecule has 34 heavy (non-hydrogen) atoms. The highest BCUT2D eigenvalue weighted by atomic mass is 19.4. The minimum Gasteiger partial charge on any atom is -0.481 e. The maximum atomic E-state index is 13.6. The van der Waals surface area contributed by atoms with Gasteiger partial charge in [-0.25, -0.2) is 4.39 Å². The molecular weight excluding hydrogens is 454 g/mol. The molecule has 6 nitrogen and oxygen atoms in total. The molecule has 1 saturated carbocycles. The van der Waals surface area contributed by atoms with Crippen molar-refractivity contribution in [1.29, 1.82) is 0 Å². The number of halogens is 4. The summed E-state index contributed by atoms with van der Waals surface area (Å²) in [5.41, 5.74) is -0.642. The third-order valence-electron chi connectivity index (χ3n) is 7.19. The largest absolute Gasteiger partial charge is 0.481 e. The highest BCUT2D eigenvalue weighted by Gasteiger charge is 2.42. The van der Waals surface area contributed by atoms with Crippen LogP contribution < -0.4 is 0 Å². The van der Waals surface area contributed by atoms with Crippen LogP contribution in [0, 0.1) is 17.2 Å². The summed E-state index contributed by atoms with van der Waals surface area (Å²) in [6.07, 6.45) is -2.02. The van der Waals surface area contributed by atoms with Gasteiger partial charge in [-0.05, 0) is 62.6 Å². The van der Waals surface area contributed by atoms with Crippen molar-refractivity contribution in [1.82, 2.24) is 14.7 Å². The van der Waals surface area contributed by atoms with Crippen LogP contribution in [0.1, 0.15) is 61.5 Å². The zero-order valence-corrected chi connectivity index (χ0v) is 18.9. The normalized spacial score (nSPS) is 23.0. The summed E-state index contributed by atoms with van der Waals surface area (Å²) in [7, 11) is 0. The molecule has 1 aromatic carbocycles. The van der Waals surface area contributed by atoms with E-state index in [1.165, 1.54) is 28.9 Å². The lowest BCUT2D eigenvalue weighted by Crippen LogP contribution is -2.39. The number of fused-ring (bicyclic) bond motifs is 1. The number of carbonyl (C=O) groups excluding carboxylic acids is 1. The predicted octanol–water partition coefficient (Wildman–Crippen LogP) is 4.65. The van der Waals surface area contributed by atoms with Crippen LogP contribution in [-0.2, 0) is 35.3 Å². The van der Waals surface area contributed by atoms with Gasteiger partial charge in [-0.2, -0.15) is 18.3 Å². The molecular formula is C24H27F4N3O3. The molecule has 2 aliphatic rings. The highest BCUT2D eigenvalue weighted by molar-refractivity contribution is 5.77. The Kier molecular flexibility index (Phi) is 6.44. The van der Waals surface area contributed by atoms with Gasteiger partial charge in [-0.3, -0.25) is 14.3 Å². The first kappa shape index (κ1) is 24.2. The second-order valence-electron chi connectivity index (χ2n) is 9.63. The Morgan fingerprint density at radius 1 is 1.18 bits per heavy atom. The summed E-state index contributed by atoms with van der Waals surface area (Å²) in [6, 6.07) is 5.48. The number of aliphatic carboxylic acids is 1. The number of amides is 1. The number of alkyl halides is 3. The summed E-state index contributed by atoms with van der Waals surface area (Å²) < 4.78 is 55.3. The fourth-order valence-corrected chi connectivity index (χ4v) is 4.92.